The molecule has 0 radical (unpaired) electrons. The van der Waals surface area contributed by atoms with Gasteiger partial charge in [0.25, 0.3) is 0 Å². The van der Waals surface area contributed by atoms with Gasteiger partial charge in [0.1, 0.15) is 11.3 Å². The third-order valence-electron chi connectivity index (χ3n) is 4.36. The van der Waals surface area contributed by atoms with Crippen LogP contribution in [0, 0.1) is 0 Å². The number of fused-ring (bicyclic) bond motifs is 2. The highest BCUT2D eigenvalue weighted by Crippen LogP contribution is 2.41. The van der Waals surface area contributed by atoms with Gasteiger partial charge < -0.3 is 5.11 Å². The molecule has 0 unspecified atom stereocenters. The molecule has 0 aliphatic heterocycles. The van der Waals surface area contributed by atoms with E-state index in [-0.39, 0.29) is 5.75 Å². The lowest BCUT2D eigenvalue weighted by molar-refractivity contribution is 0.480. The van der Waals surface area contributed by atoms with Crippen LogP contribution >= 0.6 is 0 Å². The van der Waals surface area contributed by atoms with Crippen LogP contribution in [0.5, 0.6) is 5.75 Å². The Kier molecular flexibility index (Phi) is 1.87. The Balaban J connectivity index is 2.29. The Morgan fingerprint density at radius 3 is 2.10 bits per heavy atom. The standard InChI is InChI=1S/C19H11NO/c21-16-8-7-14-12-5-1-3-11-4-2-6-13(17(11)12)15-9-10-20-19(16)18(14)15/h1-10,21H. The summed E-state index contributed by atoms with van der Waals surface area (Å²) < 4.78 is 0. The molecular weight excluding hydrogens is 258 g/mol. The summed E-state index contributed by atoms with van der Waals surface area (Å²) in [5.41, 5.74) is 0.677. The molecule has 0 fully saturated rings. The molecule has 0 aliphatic carbocycles. The van der Waals surface area contributed by atoms with Crippen molar-refractivity contribution in [2.45, 2.75) is 0 Å². The van der Waals surface area contributed by atoms with Crippen LogP contribution in [0.1, 0.15) is 0 Å². The topological polar surface area (TPSA) is 33.1 Å². The normalized spacial score (nSPS) is 12.0. The van der Waals surface area contributed by atoms with E-state index in [1.165, 1.54) is 21.5 Å². The molecule has 5 rings (SSSR count). The number of aromatic hydroxyl groups is 1. The number of hydrogen-bond acceptors (Lipinski definition) is 2. The molecule has 0 saturated heterocycles. The maximum atomic E-state index is 10.1. The monoisotopic (exact) mass is 269 g/mol. The van der Waals surface area contributed by atoms with Crippen molar-refractivity contribution in [3.63, 3.8) is 0 Å². The van der Waals surface area contributed by atoms with E-state index in [0.29, 0.717) is 5.52 Å². The molecule has 4 aromatic carbocycles. The van der Waals surface area contributed by atoms with E-state index in [0.717, 1.165) is 16.2 Å². The summed E-state index contributed by atoms with van der Waals surface area (Å²) in [5, 5.41) is 18.4. The smallest absolute Gasteiger partial charge is 0.141 e. The second-order valence-electron chi connectivity index (χ2n) is 5.42. The number of phenols is 1. The summed E-state index contributed by atoms with van der Waals surface area (Å²) in [4.78, 5) is 4.37. The molecule has 2 heteroatoms. The van der Waals surface area contributed by atoms with Crippen LogP contribution in [0.25, 0.3) is 43.2 Å². The van der Waals surface area contributed by atoms with Crippen molar-refractivity contribution in [2.24, 2.45) is 0 Å². The fourth-order valence-corrected chi connectivity index (χ4v) is 3.49. The van der Waals surface area contributed by atoms with Crippen molar-refractivity contribution >= 4 is 43.2 Å². The molecule has 1 N–H and O–H groups in total. The third kappa shape index (κ3) is 1.24. The second kappa shape index (κ2) is 3.61. The van der Waals surface area contributed by atoms with E-state index in [9.17, 15) is 5.11 Å². The molecule has 1 heterocycles. The van der Waals surface area contributed by atoms with E-state index in [4.69, 9.17) is 0 Å². The average Bonchev–Trinajstić information content (AvgIpc) is 2.54. The number of rotatable bonds is 0. The number of hydrogen-bond donors (Lipinski definition) is 1. The van der Waals surface area contributed by atoms with Crippen molar-refractivity contribution in [3.8, 4) is 5.75 Å². The van der Waals surface area contributed by atoms with Gasteiger partial charge in [-0.25, -0.2) is 0 Å². The Labute approximate surface area is 120 Å². The van der Waals surface area contributed by atoms with Gasteiger partial charge in [-0.3, -0.25) is 4.98 Å². The van der Waals surface area contributed by atoms with Gasteiger partial charge in [0.05, 0.1) is 0 Å². The Bertz CT molecular complexity index is 1090. The molecule has 0 saturated carbocycles. The molecule has 98 valence electrons. The SMILES string of the molecule is Oc1ccc2c3cccc4cccc(c5ccnc1c52)c43. The van der Waals surface area contributed by atoms with Crippen molar-refractivity contribution < 1.29 is 5.11 Å². The van der Waals surface area contributed by atoms with Crippen LogP contribution in [-0.2, 0) is 0 Å². The zero-order chi connectivity index (χ0) is 14.0. The summed E-state index contributed by atoms with van der Waals surface area (Å²) >= 11 is 0. The van der Waals surface area contributed by atoms with Crippen LogP contribution < -0.4 is 0 Å². The minimum atomic E-state index is 0.238. The van der Waals surface area contributed by atoms with Crippen LogP contribution in [0.2, 0.25) is 0 Å². The Hall–Kier alpha value is -2.87. The number of benzene rings is 4. The van der Waals surface area contributed by atoms with Crippen LogP contribution in [0.3, 0.4) is 0 Å². The van der Waals surface area contributed by atoms with Gasteiger partial charge in [-0.05, 0) is 50.5 Å². The molecular formula is C19H11NO. The molecule has 0 amide bonds. The molecule has 0 atom stereocenters. The predicted octanol–water partition coefficient (Wildman–Crippen LogP) is 4.84. The van der Waals surface area contributed by atoms with Crippen LogP contribution in [-0.4, -0.2) is 10.1 Å². The van der Waals surface area contributed by atoms with E-state index in [1.54, 1.807) is 12.3 Å². The molecule has 5 aromatic rings. The first kappa shape index (κ1) is 10.9. The zero-order valence-corrected chi connectivity index (χ0v) is 11.2. The fraction of sp³-hybridized carbons (Fsp3) is 0. The van der Waals surface area contributed by atoms with Crippen molar-refractivity contribution in [3.05, 3.63) is 60.8 Å². The van der Waals surface area contributed by atoms with Gasteiger partial charge in [-0.15, -0.1) is 0 Å². The lowest BCUT2D eigenvalue weighted by atomic mass is 9.91. The average molecular weight is 269 g/mol. The first-order valence-corrected chi connectivity index (χ1v) is 6.98. The lowest BCUT2D eigenvalue weighted by Crippen LogP contribution is -1.88. The number of aromatic nitrogens is 1. The van der Waals surface area contributed by atoms with E-state index in [1.807, 2.05) is 12.1 Å². The quantitative estimate of drug-likeness (QED) is 0.322. The third-order valence-corrected chi connectivity index (χ3v) is 4.36. The lowest BCUT2D eigenvalue weighted by Gasteiger charge is -2.13. The summed E-state index contributed by atoms with van der Waals surface area (Å²) in [7, 11) is 0. The minimum absolute atomic E-state index is 0.238. The fourth-order valence-electron chi connectivity index (χ4n) is 3.49. The summed E-state index contributed by atoms with van der Waals surface area (Å²) in [6.07, 6.45) is 1.77. The van der Waals surface area contributed by atoms with E-state index in [2.05, 4.69) is 41.4 Å². The van der Waals surface area contributed by atoms with Crippen molar-refractivity contribution in [1.82, 2.24) is 4.98 Å². The van der Waals surface area contributed by atoms with E-state index < -0.39 is 0 Å². The van der Waals surface area contributed by atoms with E-state index >= 15 is 0 Å². The van der Waals surface area contributed by atoms with Crippen LogP contribution in [0.4, 0.5) is 0 Å². The maximum Gasteiger partial charge on any atom is 0.141 e. The molecule has 0 bridgehead atoms. The number of phenolic OH excluding ortho intramolecular Hbond substituents is 1. The molecule has 0 spiro atoms. The Morgan fingerprint density at radius 2 is 1.33 bits per heavy atom. The molecule has 2 nitrogen and oxygen atoms in total. The van der Waals surface area contributed by atoms with Gasteiger partial charge in [-0.1, -0.05) is 36.4 Å². The van der Waals surface area contributed by atoms with Gasteiger partial charge in [-0.2, -0.15) is 0 Å². The predicted molar refractivity (Wildman–Crippen MR) is 87.1 cm³/mol. The highest BCUT2D eigenvalue weighted by atomic mass is 16.3. The maximum absolute atomic E-state index is 10.1. The van der Waals surface area contributed by atoms with Gasteiger partial charge in [0.2, 0.25) is 0 Å². The largest absolute Gasteiger partial charge is 0.506 e. The second-order valence-corrected chi connectivity index (χ2v) is 5.42. The van der Waals surface area contributed by atoms with Crippen molar-refractivity contribution in [1.29, 1.82) is 0 Å². The van der Waals surface area contributed by atoms with Gasteiger partial charge in [0.15, 0.2) is 0 Å². The zero-order valence-electron chi connectivity index (χ0n) is 11.2. The summed E-state index contributed by atoms with van der Waals surface area (Å²) in [6.45, 7) is 0. The molecule has 1 aromatic heterocycles. The first-order valence-electron chi connectivity index (χ1n) is 6.98. The first-order chi connectivity index (χ1) is 10.3. The summed E-state index contributed by atoms with van der Waals surface area (Å²) in [6, 6.07) is 18.5. The number of pyridine rings is 1. The Morgan fingerprint density at radius 1 is 0.667 bits per heavy atom. The minimum Gasteiger partial charge on any atom is -0.506 e. The highest BCUT2D eigenvalue weighted by molar-refractivity contribution is 6.32. The number of nitrogens with zero attached hydrogens (tertiary/aromatic N) is 1. The van der Waals surface area contributed by atoms with Gasteiger partial charge in [0, 0.05) is 11.6 Å². The van der Waals surface area contributed by atoms with Crippen molar-refractivity contribution in [2.75, 3.05) is 0 Å². The van der Waals surface area contributed by atoms with Gasteiger partial charge >= 0.3 is 0 Å². The summed E-state index contributed by atoms with van der Waals surface area (Å²) in [5.74, 6) is 0.238. The highest BCUT2D eigenvalue weighted by Gasteiger charge is 2.14. The molecule has 0 aliphatic rings. The van der Waals surface area contributed by atoms with Crippen LogP contribution in [0.15, 0.2) is 60.8 Å². The molecule has 21 heavy (non-hydrogen) atoms.